The van der Waals surface area contributed by atoms with E-state index in [1.807, 2.05) is 0 Å². The van der Waals surface area contributed by atoms with E-state index in [4.69, 9.17) is 0 Å². The van der Waals surface area contributed by atoms with Crippen LogP contribution in [0.4, 0.5) is 17.6 Å². The van der Waals surface area contributed by atoms with Gasteiger partial charge in [0.1, 0.15) is 5.82 Å². The SMILES string of the molecule is O=S(=O)(NCCc1ccc(-c2ccccc2F)cc1)C(F)(F)F. The van der Waals surface area contributed by atoms with Crippen molar-refractivity contribution in [3.8, 4) is 11.1 Å². The Kier molecular flexibility index (Phi) is 5.06. The van der Waals surface area contributed by atoms with Crippen molar-refractivity contribution in [2.75, 3.05) is 6.54 Å². The molecule has 1 N–H and O–H groups in total. The molecule has 0 unspecified atom stereocenters. The van der Waals surface area contributed by atoms with Crippen molar-refractivity contribution in [1.29, 1.82) is 0 Å². The molecule has 0 atom stereocenters. The summed E-state index contributed by atoms with van der Waals surface area (Å²) in [6.07, 6.45) is 0.0901. The maximum atomic E-state index is 13.6. The fourth-order valence-corrected chi connectivity index (χ4v) is 2.49. The molecule has 0 aliphatic rings. The minimum absolute atomic E-state index is 0.0901. The number of hydrogen-bond acceptors (Lipinski definition) is 2. The highest BCUT2D eigenvalue weighted by molar-refractivity contribution is 7.90. The van der Waals surface area contributed by atoms with E-state index < -0.39 is 15.5 Å². The summed E-state index contributed by atoms with van der Waals surface area (Å²) in [4.78, 5) is 0. The monoisotopic (exact) mass is 347 g/mol. The lowest BCUT2D eigenvalue weighted by molar-refractivity contribution is -0.0447. The molecule has 2 aromatic rings. The lowest BCUT2D eigenvalue weighted by Gasteiger charge is -2.09. The average Bonchev–Trinajstić information content (AvgIpc) is 2.47. The maximum Gasteiger partial charge on any atom is 0.511 e. The van der Waals surface area contributed by atoms with Gasteiger partial charge in [0.15, 0.2) is 0 Å². The molecule has 8 heteroatoms. The molecule has 0 saturated heterocycles. The number of nitrogens with one attached hydrogen (secondary N) is 1. The van der Waals surface area contributed by atoms with Gasteiger partial charge >= 0.3 is 15.5 Å². The van der Waals surface area contributed by atoms with Crippen LogP contribution < -0.4 is 4.72 Å². The molecule has 0 saturated carbocycles. The molecule has 0 aliphatic carbocycles. The molecule has 0 fully saturated rings. The Hall–Kier alpha value is -1.93. The zero-order valence-corrected chi connectivity index (χ0v) is 12.6. The first-order valence-corrected chi connectivity index (χ1v) is 8.09. The number of alkyl halides is 3. The third-order valence-electron chi connectivity index (χ3n) is 3.15. The molecule has 2 aromatic carbocycles. The molecular formula is C15H13F4NO2S. The fraction of sp³-hybridized carbons (Fsp3) is 0.200. The Morgan fingerprint density at radius 2 is 1.57 bits per heavy atom. The molecule has 0 amide bonds. The lowest BCUT2D eigenvalue weighted by Crippen LogP contribution is -2.37. The van der Waals surface area contributed by atoms with Crippen LogP contribution in [0, 0.1) is 5.82 Å². The quantitative estimate of drug-likeness (QED) is 0.842. The number of hydrogen-bond donors (Lipinski definition) is 1. The minimum atomic E-state index is -5.32. The van der Waals surface area contributed by atoms with Crippen molar-refractivity contribution in [2.45, 2.75) is 11.9 Å². The van der Waals surface area contributed by atoms with Crippen molar-refractivity contribution in [2.24, 2.45) is 0 Å². The number of rotatable bonds is 5. The van der Waals surface area contributed by atoms with E-state index in [2.05, 4.69) is 0 Å². The zero-order chi connectivity index (χ0) is 17.1. The van der Waals surface area contributed by atoms with Crippen LogP contribution in [-0.2, 0) is 16.4 Å². The van der Waals surface area contributed by atoms with E-state index in [1.165, 1.54) is 10.8 Å². The van der Waals surface area contributed by atoms with E-state index >= 15 is 0 Å². The average molecular weight is 347 g/mol. The molecule has 0 radical (unpaired) electrons. The van der Waals surface area contributed by atoms with Gasteiger partial charge < -0.3 is 0 Å². The minimum Gasteiger partial charge on any atom is -0.207 e. The Morgan fingerprint density at radius 3 is 2.13 bits per heavy atom. The van der Waals surface area contributed by atoms with Crippen LogP contribution in [0.2, 0.25) is 0 Å². The Bertz CT molecular complexity index is 771. The van der Waals surface area contributed by atoms with Gasteiger partial charge in [-0.15, -0.1) is 0 Å². The molecule has 0 spiro atoms. The van der Waals surface area contributed by atoms with Gasteiger partial charge in [0.05, 0.1) is 0 Å². The summed E-state index contributed by atoms with van der Waals surface area (Å²) in [6.45, 7) is -0.374. The zero-order valence-electron chi connectivity index (χ0n) is 11.8. The van der Waals surface area contributed by atoms with Crippen LogP contribution >= 0.6 is 0 Å². The van der Waals surface area contributed by atoms with Crippen LogP contribution in [0.3, 0.4) is 0 Å². The van der Waals surface area contributed by atoms with Gasteiger partial charge in [0.25, 0.3) is 0 Å². The molecule has 23 heavy (non-hydrogen) atoms. The maximum absolute atomic E-state index is 13.6. The Morgan fingerprint density at radius 1 is 0.957 bits per heavy atom. The van der Waals surface area contributed by atoms with E-state index in [1.54, 1.807) is 42.5 Å². The van der Waals surface area contributed by atoms with Gasteiger partial charge in [0.2, 0.25) is 0 Å². The topological polar surface area (TPSA) is 46.2 Å². The highest BCUT2D eigenvalue weighted by Crippen LogP contribution is 2.23. The van der Waals surface area contributed by atoms with E-state index in [-0.39, 0.29) is 18.8 Å². The summed E-state index contributed by atoms with van der Waals surface area (Å²) in [7, 11) is -5.32. The second-order valence-electron chi connectivity index (χ2n) is 4.77. The van der Waals surface area contributed by atoms with Gasteiger partial charge in [0, 0.05) is 12.1 Å². The molecule has 0 heterocycles. The molecule has 124 valence electrons. The predicted octanol–water partition coefficient (Wildman–Crippen LogP) is 3.47. The standard InChI is InChI=1S/C15H13F4NO2S/c16-14-4-2-1-3-13(14)12-7-5-11(6-8-12)9-10-20-23(21,22)15(17,18)19/h1-8,20H,9-10H2. The smallest absolute Gasteiger partial charge is 0.207 e. The summed E-state index contributed by atoms with van der Waals surface area (Å²) < 4.78 is 73.3. The second-order valence-corrected chi connectivity index (χ2v) is 6.53. The lowest BCUT2D eigenvalue weighted by atomic mass is 10.0. The summed E-state index contributed by atoms with van der Waals surface area (Å²) in [6, 6.07) is 12.7. The highest BCUT2D eigenvalue weighted by Gasteiger charge is 2.45. The van der Waals surface area contributed by atoms with Gasteiger partial charge in [-0.2, -0.15) is 13.2 Å². The van der Waals surface area contributed by atoms with Crippen LogP contribution in [0.25, 0.3) is 11.1 Å². The second kappa shape index (κ2) is 6.67. The number of sulfonamides is 1. The van der Waals surface area contributed by atoms with Crippen LogP contribution in [0.15, 0.2) is 48.5 Å². The fourth-order valence-electron chi connectivity index (χ4n) is 1.96. The highest BCUT2D eigenvalue weighted by atomic mass is 32.2. The van der Waals surface area contributed by atoms with E-state index in [0.29, 0.717) is 16.7 Å². The predicted molar refractivity (Wildman–Crippen MR) is 78.5 cm³/mol. The number of halogens is 4. The Balaban J connectivity index is 2.00. The van der Waals surface area contributed by atoms with Crippen molar-refractivity contribution < 1.29 is 26.0 Å². The largest absolute Gasteiger partial charge is 0.511 e. The van der Waals surface area contributed by atoms with Gasteiger partial charge in [-0.05, 0) is 23.6 Å². The summed E-state index contributed by atoms with van der Waals surface area (Å²) in [5.74, 6) is -0.377. The normalized spacial score (nSPS) is 12.3. The molecule has 0 bridgehead atoms. The first kappa shape index (κ1) is 17.4. The third kappa shape index (κ3) is 4.29. The molecule has 0 aromatic heterocycles. The summed E-state index contributed by atoms with van der Waals surface area (Å²) >= 11 is 0. The molecule has 3 nitrogen and oxygen atoms in total. The van der Waals surface area contributed by atoms with Crippen LogP contribution in [-0.4, -0.2) is 20.5 Å². The van der Waals surface area contributed by atoms with Crippen molar-refractivity contribution >= 4 is 10.0 Å². The summed E-state index contributed by atoms with van der Waals surface area (Å²) in [5.41, 5.74) is -3.64. The number of benzene rings is 2. The van der Waals surface area contributed by atoms with E-state index in [9.17, 15) is 26.0 Å². The van der Waals surface area contributed by atoms with Crippen LogP contribution in [0.1, 0.15) is 5.56 Å². The first-order chi connectivity index (χ1) is 10.7. The van der Waals surface area contributed by atoms with Crippen molar-refractivity contribution in [1.82, 2.24) is 4.72 Å². The van der Waals surface area contributed by atoms with Gasteiger partial charge in [-0.3, -0.25) is 0 Å². The molecule has 0 aliphatic heterocycles. The van der Waals surface area contributed by atoms with Gasteiger partial charge in [-0.1, -0.05) is 42.5 Å². The van der Waals surface area contributed by atoms with Crippen molar-refractivity contribution in [3.63, 3.8) is 0 Å². The molecule has 2 rings (SSSR count). The first-order valence-electron chi connectivity index (χ1n) is 6.60. The van der Waals surface area contributed by atoms with Gasteiger partial charge in [-0.25, -0.2) is 17.5 Å². The third-order valence-corrected chi connectivity index (χ3v) is 4.34. The summed E-state index contributed by atoms with van der Waals surface area (Å²) in [5, 5.41) is 0. The molecular weight excluding hydrogens is 334 g/mol. The van der Waals surface area contributed by atoms with E-state index in [0.717, 1.165) is 0 Å². The van der Waals surface area contributed by atoms with Crippen LogP contribution in [0.5, 0.6) is 0 Å². The van der Waals surface area contributed by atoms with Crippen molar-refractivity contribution in [3.05, 3.63) is 59.9 Å². The Labute approximate surface area is 131 Å².